The van der Waals surface area contributed by atoms with Crippen LogP contribution < -0.4 is 0 Å². The first-order valence-electron chi connectivity index (χ1n) is 9.49. The number of sulfonamides is 1. The third-order valence-corrected chi connectivity index (χ3v) is 8.84. The lowest BCUT2D eigenvalue weighted by Gasteiger charge is -2.15. The summed E-state index contributed by atoms with van der Waals surface area (Å²) in [6, 6.07) is 15.2. The number of aromatic nitrogens is 2. The summed E-state index contributed by atoms with van der Waals surface area (Å²) >= 11 is 3.31. The molecule has 8 heteroatoms. The van der Waals surface area contributed by atoms with Crippen LogP contribution in [0, 0.1) is 0 Å². The molecule has 0 aliphatic carbocycles. The Morgan fingerprint density at radius 3 is 2.45 bits per heavy atom. The Kier molecular flexibility index (Phi) is 4.95. The molecule has 1 saturated heterocycles. The first kappa shape index (κ1) is 18.9. The fourth-order valence-electron chi connectivity index (χ4n) is 3.52. The average Bonchev–Trinajstić information content (AvgIpc) is 3.48. The Balaban J connectivity index is 1.34. The van der Waals surface area contributed by atoms with Gasteiger partial charge >= 0.3 is 0 Å². The molecule has 0 N–H and O–H groups in total. The van der Waals surface area contributed by atoms with E-state index in [1.165, 1.54) is 4.70 Å². The van der Waals surface area contributed by atoms with Gasteiger partial charge in [-0.05, 0) is 37.1 Å². The molecule has 2 aromatic heterocycles. The van der Waals surface area contributed by atoms with Crippen LogP contribution in [0.2, 0.25) is 0 Å². The highest BCUT2D eigenvalue weighted by molar-refractivity contribution is 7.89. The predicted molar refractivity (Wildman–Crippen MR) is 118 cm³/mol. The zero-order chi connectivity index (χ0) is 19.8. The molecule has 1 aliphatic heterocycles. The highest BCUT2D eigenvalue weighted by Gasteiger charge is 2.27. The van der Waals surface area contributed by atoms with Gasteiger partial charge in [0.05, 0.1) is 27.2 Å². The Bertz CT molecular complexity index is 1220. The number of benzene rings is 2. The molecule has 0 saturated carbocycles. The maximum absolute atomic E-state index is 12.7. The van der Waals surface area contributed by atoms with Crippen LogP contribution in [-0.4, -0.2) is 35.8 Å². The van der Waals surface area contributed by atoms with Crippen LogP contribution in [0.15, 0.2) is 58.8 Å². The van der Waals surface area contributed by atoms with Crippen LogP contribution >= 0.6 is 22.7 Å². The number of para-hydroxylation sites is 1. The molecule has 0 amide bonds. The molecule has 2 aromatic carbocycles. The van der Waals surface area contributed by atoms with Crippen LogP contribution in [0.3, 0.4) is 0 Å². The van der Waals surface area contributed by atoms with Crippen molar-refractivity contribution in [2.75, 3.05) is 13.1 Å². The van der Waals surface area contributed by atoms with E-state index < -0.39 is 10.0 Å². The molecule has 0 radical (unpaired) electrons. The largest absolute Gasteiger partial charge is 0.243 e. The molecule has 5 rings (SSSR count). The molecule has 148 valence electrons. The van der Waals surface area contributed by atoms with Gasteiger partial charge in [0.2, 0.25) is 10.0 Å². The van der Waals surface area contributed by atoms with Gasteiger partial charge in [-0.2, -0.15) is 4.31 Å². The maximum atomic E-state index is 12.7. The zero-order valence-corrected chi connectivity index (χ0v) is 18.1. The van der Waals surface area contributed by atoms with E-state index in [-0.39, 0.29) is 0 Å². The summed E-state index contributed by atoms with van der Waals surface area (Å²) in [5, 5.41) is 4.08. The minimum atomic E-state index is -3.38. The van der Waals surface area contributed by atoms with Crippen LogP contribution in [0.4, 0.5) is 0 Å². The zero-order valence-electron chi connectivity index (χ0n) is 15.6. The lowest BCUT2D eigenvalue weighted by Crippen LogP contribution is -2.27. The van der Waals surface area contributed by atoms with E-state index in [4.69, 9.17) is 4.98 Å². The molecule has 0 unspecified atom stereocenters. The lowest BCUT2D eigenvalue weighted by molar-refractivity contribution is 0.477. The monoisotopic (exact) mass is 441 g/mol. The summed E-state index contributed by atoms with van der Waals surface area (Å²) in [5.41, 5.74) is 2.83. The van der Waals surface area contributed by atoms with Crippen molar-refractivity contribution in [3.63, 3.8) is 0 Å². The highest BCUT2D eigenvalue weighted by Crippen LogP contribution is 2.28. The minimum Gasteiger partial charge on any atom is -0.241 e. The van der Waals surface area contributed by atoms with Gasteiger partial charge in [0.15, 0.2) is 0 Å². The number of fused-ring (bicyclic) bond motifs is 1. The second-order valence-corrected chi connectivity index (χ2v) is 11.0. The Morgan fingerprint density at radius 1 is 0.931 bits per heavy atom. The standard InChI is InChI=1S/C21H19N3O2S3/c25-29(26,24-11-3-4-12-24)16-9-7-15(8-10-16)18-14-27-20(23-18)13-21-22-17-5-1-2-6-19(17)28-21/h1-2,5-10,14H,3-4,11-13H2. The van der Waals surface area contributed by atoms with Gasteiger partial charge in [-0.3, -0.25) is 0 Å². The normalized spacial score (nSPS) is 15.3. The second-order valence-electron chi connectivity index (χ2n) is 7.01. The third kappa shape index (κ3) is 3.73. The molecular formula is C21H19N3O2S3. The summed E-state index contributed by atoms with van der Waals surface area (Å²) < 4.78 is 28.1. The van der Waals surface area contributed by atoms with Crippen molar-refractivity contribution >= 4 is 42.9 Å². The Labute approximate surface area is 177 Å². The van der Waals surface area contributed by atoms with Gasteiger partial charge < -0.3 is 0 Å². The fourth-order valence-corrected chi connectivity index (χ4v) is 6.91. The van der Waals surface area contributed by atoms with Gasteiger partial charge in [-0.25, -0.2) is 18.4 Å². The van der Waals surface area contributed by atoms with Gasteiger partial charge in [-0.15, -0.1) is 22.7 Å². The van der Waals surface area contributed by atoms with Gasteiger partial charge in [0.1, 0.15) is 10.0 Å². The van der Waals surface area contributed by atoms with Crippen LogP contribution in [0.5, 0.6) is 0 Å². The molecule has 4 aromatic rings. The number of nitrogens with zero attached hydrogens (tertiary/aromatic N) is 3. The molecule has 1 fully saturated rings. The lowest BCUT2D eigenvalue weighted by atomic mass is 10.2. The van der Waals surface area contributed by atoms with E-state index in [0.29, 0.717) is 24.4 Å². The Hall–Kier alpha value is -2.13. The van der Waals surface area contributed by atoms with Crippen molar-refractivity contribution in [3.05, 3.63) is 63.9 Å². The average molecular weight is 442 g/mol. The smallest absolute Gasteiger partial charge is 0.241 e. The number of rotatable bonds is 5. The van der Waals surface area contributed by atoms with E-state index in [1.54, 1.807) is 39.1 Å². The number of hydrogen-bond donors (Lipinski definition) is 0. The van der Waals surface area contributed by atoms with Crippen molar-refractivity contribution in [2.45, 2.75) is 24.2 Å². The fraction of sp³-hybridized carbons (Fsp3) is 0.238. The molecule has 0 spiro atoms. The maximum Gasteiger partial charge on any atom is 0.243 e. The van der Waals surface area contributed by atoms with Crippen molar-refractivity contribution in [1.82, 2.24) is 14.3 Å². The van der Waals surface area contributed by atoms with Crippen LogP contribution in [-0.2, 0) is 16.4 Å². The summed E-state index contributed by atoms with van der Waals surface area (Å²) in [6.07, 6.45) is 2.59. The van der Waals surface area contributed by atoms with Crippen LogP contribution in [0.25, 0.3) is 21.5 Å². The van der Waals surface area contributed by atoms with Crippen molar-refractivity contribution < 1.29 is 8.42 Å². The molecule has 29 heavy (non-hydrogen) atoms. The highest BCUT2D eigenvalue weighted by atomic mass is 32.2. The summed E-state index contributed by atoms with van der Waals surface area (Å²) in [7, 11) is -3.38. The van der Waals surface area contributed by atoms with E-state index in [0.717, 1.165) is 39.6 Å². The van der Waals surface area contributed by atoms with Crippen molar-refractivity contribution in [1.29, 1.82) is 0 Å². The minimum absolute atomic E-state index is 0.355. The van der Waals surface area contributed by atoms with Gasteiger partial charge in [-0.1, -0.05) is 24.3 Å². The van der Waals surface area contributed by atoms with E-state index in [9.17, 15) is 8.42 Å². The molecular weight excluding hydrogens is 422 g/mol. The van der Waals surface area contributed by atoms with Crippen LogP contribution in [0.1, 0.15) is 22.9 Å². The molecule has 1 aliphatic rings. The number of thiazole rings is 2. The first-order chi connectivity index (χ1) is 14.1. The Morgan fingerprint density at radius 2 is 1.69 bits per heavy atom. The summed E-state index contributed by atoms with van der Waals surface area (Å²) in [4.78, 5) is 9.78. The van der Waals surface area contributed by atoms with E-state index >= 15 is 0 Å². The summed E-state index contributed by atoms with van der Waals surface area (Å²) in [6.45, 7) is 1.23. The molecule has 0 bridgehead atoms. The molecule has 3 heterocycles. The second kappa shape index (κ2) is 7.60. The number of hydrogen-bond acceptors (Lipinski definition) is 6. The molecule has 0 atom stereocenters. The third-order valence-electron chi connectivity index (χ3n) is 5.05. The quantitative estimate of drug-likeness (QED) is 0.446. The predicted octanol–water partition coefficient (Wildman–Crippen LogP) is 4.80. The first-order valence-corrected chi connectivity index (χ1v) is 12.6. The van der Waals surface area contributed by atoms with Crippen molar-refractivity contribution in [3.8, 4) is 11.3 Å². The van der Waals surface area contributed by atoms with Gasteiger partial charge in [0.25, 0.3) is 0 Å². The molecule has 5 nitrogen and oxygen atoms in total. The van der Waals surface area contributed by atoms with E-state index in [2.05, 4.69) is 11.1 Å². The summed E-state index contributed by atoms with van der Waals surface area (Å²) in [5.74, 6) is 0. The van der Waals surface area contributed by atoms with Crippen molar-refractivity contribution in [2.24, 2.45) is 0 Å². The van der Waals surface area contributed by atoms with Gasteiger partial charge in [0, 0.05) is 24.0 Å². The van der Waals surface area contributed by atoms with E-state index in [1.807, 2.05) is 35.7 Å². The SMILES string of the molecule is O=S(=O)(c1ccc(-c2csc(Cc3nc4ccccc4s3)n2)cc1)N1CCCC1. The topological polar surface area (TPSA) is 63.2 Å².